The first-order chi connectivity index (χ1) is 4.84. The van der Waals surface area contributed by atoms with Gasteiger partial charge in [0.25, 0.3) is 0 Å². The minimum atomic E-state index is 0.0803. The molecule has 3 N–H and O–H groups in total. The monoisotopic (exact) mass is 137 g/mol. The van der Waals surface area contributed by atoms with E-state index in [2.05, 4.69) is 10.1 Å². The van der Waals surface area contributed by atoms with E-state index in [0.717, 1.165) is 0 Å². The largest absolute Gasteiger partial charge is 0.506 e. The number of pyridine rings is 1. The van der Waals surface area contributed by atoms with Gasteiger partial charge >= 0.3 is 0 Å². The maximum atomic E-state index is 9.03. The van der Waals surface area contributed by atoms with Crippen LogP contribution in [0.25, 0.3) is 0 Å². The fourth-order valence-electron chi connectivity index (χ4n) is 0.586. The summed E-state index contributed by atoms with van der Waals surface area (Å²) >= 11 is 0. The summed E-state index contributed by atoms with van der Waals surface area (Å²) in [4.78, 5) is 3.67. The third-order valence-electron chi connectivity index (χ3n) is 1.05. The molecule has 10 heavy (non-hydrogen) atoms. The van der Waals surface area contributed by atoms with Crippen LogP contribution in [0.5, 0.6) is 5.75 Å². The first kappa shape index (κ1) is 6.54. The fourth-order valence-corrected chi connectivity index (χ4v) is 0.586. The third-order valence-corrected chi connectivity index (χ3v) is 1.05. The first-order valence-corrected chi connectivity index (χ1v) is 2.71. The number of hydrazone groups is 1. The summed E-state index contributed by atoms with van der Waals surface area (Å²) < 4.78 is 0. The normalized spacial score (nSPS) is 10.4. The van der Waals surface area contributed by atoms with Crippen molar-refractivity contribution in [1.82, 2.24) is 4.98 Å². The summed E-state index contributed by atoms with van der Waals surface area (Å²) in [5, 5.41) is 12.3. The number of hydrogen-bond donors (Lipinski definition) is 2. The minimum absolute atomic E-state index is 0.0803. The van der Waals surface area contributed by atoms with E-state index >= 15 is 0 Å². The van der Waals surface area contributed by atoms with Crippen LogP contribution in [0, 0.1) is 0 Å². The van der Waals surface area contributed by atoms with Crippen LogP contribution in [0.4, 0.5) is 0 Å². The quantitative estimate of drug-likeness (QED) is 0.327. The molecule has 0 bridgehead atoms. The molecule has 0 amide bonds. The summed E-state index contributed by atoms with van der Waals surface area (Å²) in [7, 11) is 0. The van der Waals surface area contributed by atoms with Crippen LogP contribution >= 0.6 is 0 Å². The van der Waals surface area contributed by atoms with Crippen molar-refractivity contribution in [2.24, 2.45) is 10.9 Å². The highest BCUT2D eigenvalue weighted by Crippen LogP contribution is 2.09. The zero-order valence-electron chi connectivity index (χ0n) is 5.23. The molecule has 0 aliphatic rings. The Balaban J connectivity index is 3.03. The summed E-state index contributed by atoms with van der Waals surface area (Å²) in [5.41, 5.74) is 0.567. The first-order valence-electron chi connectivity index (χ1n) is 2.71. The molecule has 0 radical (unpaired) electrons. The maximum Gasteiger partial charge on any atom is 0.142 e. The average Bonchev–Trinajstić information content (AvgIpc) is 1.94. The van der Waals surface area contributed by atoms with E-state index in [1.807, 2.05) is 0 Å². The number of nitrogens with zero attached hydrogens (tertiary/aromatic N) is 2. The van der Waals surface area contributed by atoms with E-state index < -0.39 is 0 Å². The number of rotatable bonds is 1. The van der Waals surface area contributed by atoms with Crippen LogP contribution in [0.2, 0.25) is 0 Å². The summed E-state index contributed by atoms with van der Waals surface area (Å²) in [6, 6.07) is 1.62. The highest BCUT2D eigenvalue weighted by molar-refractivity contribution is 5.82. The van der Waals surface area contributed by atoms with Gasteiger partial charge in [-0.25, -0.2) is 0 Å². The van der Waals surface area contributed by atoms with Crippen molar-refractivity contribution in [3.8, 4) is 5.75 Å². The Morgan fingerprint density at radius 2 is 2.50 bits per heavy atom. The molecule has 0 atom stereocenters. The molecular weight excluding hydrogens is 130 g/mol. The van der Waals surface area contributed by atoms with Gasteiger partial charge in [0.1, 0.15) is 5.75 Å². The Kier molecular flexibility index (Phi) is 1.84. The molecule has 1 heterocycles. The Bertz CT molecular complexity index is 247. The molecule has 0 fully saturated rings. The van der Waals surface area contributed by atoms with Gasteiger partial charge in [-0.3, -0.25) is 4.98 Å². The van der Waals surface area contributed by atoms with Crippen molar-refractivity contribution in [2.45, 2.75) is 0 Å². The maximum absolute atomic E-state index is 9.03. The van der Waals surface area contributed by atoms with E-state index in [0.29, 0.717) is 5.56 Å². The highest BCUT2D eigenvalue weighted by atomic mass is 16.3. The van der Waals surface area contributed by atoms with E-state index in [4.69, 9.17) is 10.9 Å². The molecule has 0 aliphatic heterocycles. The zero-order valence-corrected chi connectivity index (χ0v) is 5.23. The van der Waals surface area contributed by atoms with Crippen LogP contribution in [0.3, 0.4) is 0 Å². The Morgan fingerprint density at radius 1 is 1.70 bits per heavy atom. The summed E-state index contributed by atoms with van der Waals surface area (Å²) in [5.74, 6) is 4.95. The molecule has 1 rings (SSSR count). The lowest BCUT2D eigenvalue weighted by atomic mass is 10.3. The third kappa shape index (κ3) is 1.22. The molecule has 0 spiro atoms. The number of aromatic nitrogens is 1. The van der Waals surface area contributed by atoms with Crippen LogP contribution in [0.15, 0.2) is 23.6 Å². The van der Waals surface area contributed by atoms with E-state index in [1.165, 1.54) is 12.4 Å². The smallest absolute Gasteiger partial charge is 0.142 e. The SMILES string of the molecule is NN=Cc1ccncc1O. The Hall–Kier alpha value is -1.58. The van der Waals surface area contributed by atoms with Crippen molar-refractivity contribution in [3.05, 3.63) is 24.0 Å². The van der Waals surface area contributed by atoms with Crippen molar-refractivity contribution >= 4 is 6.21 Å². The Labute approximate surface area is 58.0 Å². The van der Waals surface area contributed by atoms with Gasteiger partial charge in [0.05, 0.1) is 12.4 Å². The van der Waals surface area contributed by atoms with Crippen LogP contribution < -0.4 is 5.84 Å². The molecule has 0 aliphatic carbocycles. The molecular formula is C6H7N3O. The van der Waals surface area contributed by atoms with E-state index in [-0.39, 0.29) is 5.75 Å². The van der Waals surface area contributed by atoms with Gasteiger partial charge in [0.2, 0.25) is 0 Å². The number of nitrogens with two attached hydrogens (primary N) is 1. The number of aromatic hydroxyl groups is 1. The summed E-state index contributed by atoms with van der Waals surface area (Å²) in [6.45, 7) is 0. The predicted octanol–water partition coefficient (Wildman–Crippen LogP) is 0.0798. The lowest BCUT2D eigenvalue weighted by Gasteiger charge is -1.93. The molecule has 4 nitrogen and oxygen atoms in total. The minimum Gasteiger partial charge on any atom is -0.506 e. The fraction of sp³-hybridized carbons (Fsp3) is 0. The van der Waals surface area contributed by atoms with Crippen LogP contribution in [0.1, 0.15) is 5.56 Å². The van der Waals surface area contributed by atoms with Crippen molar-refractivity contribution in [3.63, 3.8) is 0 Å². The zero-order chi connectivity index (χ0) is 7.40. The van der Waals surface area contributed by atoms with Gasteiger partial charge in [0.15, 0.2) is 0 Å². The van der Waals surface area contributed by atoms with Gasteiger partial charge in [-0.15, -0.1) is 0 Å². The summed E-state index contributed by atoms with van der Waals surface area (Å²) in [6.07, 6.45) is 4.24. The lowest BCUT2D eigenvalue weighted by Crippen LogP contribution is -1.86. The molecule has 0 aromatic carbocycles. The molecule has 1 aromatic rings. The predicted molar refractivity (Wildman–Crippen MR) is 37.7 cm³/mol. The highest BCUT2D eigenvalue weighted by Gasteiger charge is 1.93. The molecule has 0 saturated carbocycles. The lowest BCUT2D eigenvalue weighted by molar-refractivity contribution is 0.472. The second-order valence-electron chi connectivity index (χ2n) is 1.71. The van der Waals surface area contributed by atoms with Crippen molar-refractivity contribution < 1.29 is 5.11 Å². The average molecular weight is 137 g/mol. The standard InChI is InChI=1S/C6H7N3O/c7-9-3-5-1-2-8-4-6(5)10/h1-4,10H,7H2. The van der Waals surface area contributed by atoms with Gasteiger partial charge in [0, 0.05) is 11.8 Å². The van der Waals surface area contributed by atoms with Gasteiger partial charge in [-0.1, -0.05) is 0 Å². The molecule has 52 valence electrons. The Morgan fingerprint density at radius 3 is 3.10 bits per heavy atom. The van der Waals surface area contributed by atoms with Crippen LogP contribution in [-0.4, -0.2) is 16.3 Å². The van der Waals surface area contributed by atoms with E-state index in [1.54, 1.807) is 12.3 Å². The molecule has 0 saturated heterocycles. The molecule has 4 heteroatoms. The van der Waals surface area contributed by atoms with Gasteiger partial charge in [-0.2, -0.15) is 5.10 Å². The van der Waals surface area contributed by atoms with E-state index in [9.17, 15) is 0 Å². The second kappa shape index (κ2) is 2.82. The second-order valence-corrected chi connectivity index (χ2v) is 1.71. The van der Waals surface area contributed by atoms with Crippen molar-refractivity contribution in [1.29, 1.82) is 0 Å². The van der Waals surface area contributed by atoms with Crippen molar-refractivity contribution in [2.75, 3.05) is 0 Å². The molecule has 0 unspecified atom stereocenters. The van der Waals surface area contributed by atoms with Gasteiger partial charge < -0.3 is 10.9 Å². The van der Waals surface area contributed by atoms with Gasteiger partial charge in [-0.05, 0) is 6.07 Å². The topological polar surface area (TPSA) is 71.5 Å². The number of hydrogen-bond acceptors (Lipinski definition) is 4. The van der Waals surface area contributed by atoms with Crippen LogP contribution in [-0.2, 0) is 0 Å². The molecule has 1 aromatic heterocycles.